The lowest BCUT2D eigenvalue weighted by Gasteiger charge is -2.08. The van der Waals surface area contributed by atoms with Crippen molar-refractivity contribution in [3.63, 3.8) is 0 Å². The highest BCUT2D eigenvalue weighted by atomic mass is 16.5. The Hall–Kier alpha value is -1.97. The van der Waals surface area contributed by atoms with E-state index in [1.807, 2.05) is 25.3 Å². The minimum absolute atomic E-state index is 0.148. The summed E-state index contributed by atoms with van der Waals surface area (Å²) in [6.45, 7) is 3.35. The molecule has 0 atom stereocenters. The van der Waals surface area contributed by atoms with Gasteiger partial charge in [-0.05, 0) is 38.0 Å². The Balaban J connectivity index is 1.71. The van der Waals surface area contributed by atoms with Crippen LogP contribution in [0.4, 0.5) is 0 Å². The first-order valence-corrected chi connectivity index (χ1v) is 7.28. The average molecular weight is 272 g/mol. The fraction of sp³-hybridized carbons (Fsp3) is 0.438. The van der Waals surface area contributed by atoms with Crippen LogP contribution in [-0.4, -0.2) is 23.1 Å². The SMILES string of the molecule is CCOc1cccc2c1ccn2CCC(=O)NC1CC1. The van der Waals surface area contributed by atoms with Crippen molar-refractivity contribution in [1.29, 1.82) is 0 Å². The summed E-state index contributed by atoms with van der Waals surface area (Å²) in [5, 5.41) is 4.13. The lowest BCUT2D eigenvalue weighted by atomic mass is 10.2. The van der Waals surface area contributed by atoms with Gasteiger partial charge < -0.3 is 14.6 Å². The number of hydrogen-bond acceptors (Lipinski definition) is 2. The maximum Gasteiger partial charge on any atom is 0.222 e. The number of benzene rings is 1. The molecule has 0 aliphatic heterocycles. The average Bonchev–Trinajstić information content (AvgIpc) is 3.15. The third kappa shape index (κ3) is 2.79. The fourth-order valence-electron chi connectivity index (χ4n) is 2.42. The number of carbonyl (C=O) groups is 1. The molecule has 1 amide bonds. The highest BCUT2D eigenvalue weighted by Gasteiger charge is 2.22. The standard InChI is InChI=1S/C16H20N2O2/c1-2-20-15-5-3-4-14-13(15)8-10-18(14)11-9-16(19)17-12-6-7-12/h3-5,8,10,12H,2,6-7,9,11H2,1H3,(H,17,19). The van der Waals surface area contributed by atoms with Gasteiger partial charge in [-0.3, -0.25) is 4.79 Å². The van der Waals surface area contributed by atoms with E-state index in [0.717, 1.165) is 29.5 Å². The topological polar surface area (TPSA) is 43.3 Å². The summed E-state index contributed by atoms with van der Waals surface area (Å²) >= 11 is 0. The molecule has 1 fully saturated rings. The van der Waals surface area contributed by atoms with Gasteiger partial charge in [-0.15, -0.1) is 0 Å². The zero-order valence-electron chi connectivity index (χ0n) is 11.8. The molecule has 1 aliphatic carbocycles. The van der Waals surface area contributed by atoms with Gasteiger partial charge >= 0.3 is 0 Å². The molecule has 0 radical (unpaired) electrons. The van der Waals surface area contributed by atoms with Gasteiger partial charge in [0.2, 0.25) is 5.91 Å². The lowest BCUT2D eigenvalue weighted by molar-refractivity contribution is -0.121. The number of amides is 1. The quantitative estimate of drug-likeness (QED) is 0.878. The molecule has 20 heavy (non-hydrogen) atoms. The summed E-state index contributed by atoms with van der Waals surface area (Å²) in [5.41, 5.74) is 1.12. The molecule has 4 heteroatoms. The van der Waals surface area contributed by atoms with Crippen LogP contribution in [0.5, 0.6) is 5.75 Å². The van der Waals surface area contributed by atoms with E-state index in [1.54, 1.807) is 0 Å². The first-order chi connectivity index (χ1) is 9.78. The van der Waals surface area contributed by atoms with Crippen LogP contribution in [0.15, 0.2) is 30.5 Å². The molecule has 0 spiro atoms. The summed E-state index contributed by atoms with van der Waals surface area (Å²) < 4.78 is 7.74. The molecule has 1 aromatic carbocycles. The third-order valence-corrected chi connectivity index (χ3v) is 3.60. The maximum absolute atomic E-state index is 11.7. The second-order valence-electron chi connectivity index (χ2n) is 5.22. The highest BCUT2D eigenvalue weighted by molar-refractivity contribution is 5.86. The van der Waals surface area contributed by atoms with Gasteiger partial charge in [0.15, 0.2) is 0 Å². The molecule has 1 aromatic heterocycles. The second-order valence-corrected chi connectivity index (χ2v) is 5.22. The predicted molar refractivity (Wildman–Crippen MR) is 78.9 cm³/mol. The molecule has 1 aliphatic rings. The minimum Gasteiger partial charge on any atom is -0.493 e. The van der Waals surface area contributed by atoms with Crippen LogP contribution < -0.4 is 10.1 Å². The number of aromatic nitrogens is 1. The van der Waals surface area contributed by atoms with Gasteiger partial charge in [-0.2, -0.15) is 0 Å². The van der Waals surface area contributed by atoms with Gasteiger partial charge in [0.05, 0.1) is 12.1 Å². The van der Waals surface area contributed by atoms with Crippen LogP contribution in [-0.2, 0) is 11.3 Å². The molecule has 1 heterocycles. The van der Waals surface area contributed by atoms with Crippen molar-refractivity contribution < 1.29 is 9.53 Å². The first-order valence-electron chi connectivity index (χ1n) is 7.28. The van der Waals surface area contributed by atoms with Gasteiger partial charge in [-0.25, -0.2) is 0 Å². The number of aryl methyl sites for hydroxylation is 1. The second kappa shape index (κ2) is 5.57. The maximum atomic E-state index is 11.7. The van der Waals surface area contributed by atoms with E-state index in [0.29, 0.717) is 25.6 Å². The Kier molecular flexibility index (Phi) is 3.63. The zero-order valence-corrected chi connectivity index (χ0v) is 11.8. The monoisotopic (exact) mass is 272 g/mol. The van der Waals surface area contributed by atoms with Crippen LogP contribution in [0.3, 0.4) is 0 Å². The first kappa shape index (κ1) is 13.0. The van der Waals surface area contributed by atoms with Crippen molar-refractivity contribution in [2.45, 2.75) is 38.8 Å². The van der Waals surface area contributed by atoms with Crippen LogP contribution >= 0.6 is 0 Å². The van der Waals surface area contributed by atoms with Crippen molar-refractivity contribution in [3.8, 4) is 5.75 Å². The summed E-state index contributed by atoms with van der Waals surface area (Å²) in [4.78, 5) is 11.7. The highest BCUT2D eigenvalue weighted by Crippen LogP contribution is 2.26. The number of carbonyl (C=O) groups excluding carboxylic acids is 1. The summed E-state index contributed by atoms with van der Waals surface area (Å²) in [7, 11) is 0. The van der Waals surface area contributed by atoms with Crippen molar-refractivity contribution in [2.24, 2.45) is 0 Å². The van der Waals surface area contributed by atoms with Crippen LogP contribution in [0.25, 0.3) is 10.9 Å². The molecule has 4 nitrogen and oxygen atoms in total. The molecular weight excluding hydrogens is 252 g/mol. The Morgan fingerprint density at radius 2 is 2.25 bits per heavy atom. The number of nitrogens with one attached hydrogen (secondary N) is 1. The van der Waals surface area contributed by atoms with E-state index in [9.17, 15) is 4.79 Å². The molecular formula is C16H20N2O2. The van der Waals surface area contributed by atoms with Gasteiger partial charge in [-0.1, -0.05) is 6.07 Å². The molecule has 1 saturated carbocycles. The fourth-order valence-corrected chi connectivity index (χ4v) is 2.42. The largest absolute Gasteiger partial charge is 0.493 e. The van der Waals surface area contributed by atoms with Crippen molar-refractivity contribution in [3.05, 3.63) is 30.5 Å². The number of fused-ring (bicyclic) bond motifs is 1. The number of rotatable bonds is 6. The zero-order chi connectivity index (χ0) is 13.9. The van der Waals surface area contributed by atoms with E-state index in [2.05, 4.69) is 22.0 Å². The summed E-state index contributed by atoms with van der Waals surface area (Å²) in [5.74, 6) is 1.06. The Bertz CT molecular complexity index is 614. The summed E-state index contributed by atoms with van der Waals surface area (Å²) in [6, 6.07) is 8.54. The number of ether oxygens (including phenoxy) is 1. The Morgan fingerprint density at radius 3 is 3.00 bits per heavy atom. The molecule has 0 unspecified atom stereocenters. The summed E-state index contributed by atoms with van der Waals surface area (Å²) in [6.07, 6.45) is 4.82. The van der Waals surface area contributed by atoms with Crippen LogP contribution in [0.2, 0.25) is 0 Å². The minimum atomic E-state index is 0.148. The van der Waals surface area contributed by atoms with Crippen LogP contribution in [0.1, 0.15) is 26.2 Å². The van der Waals surface area contributed by atoms with Gasteiger partial charge in [0, 0.05) is 30.6 Å². The smallest absolute Gasteiger partial charge is 0.222 e. The third-order valence-electron chi connectivity index (χ3n) is 3.60. The predicted octanol–water partition coefficient (Wildman–Crippen LogP) is 2.71. The van der Waals surface area contributed by atoms with E-state index < -0.39 is 0 Å². The van der Waals surface area contributed by atoms with E-state index in [-0.39, 0.29) is 5.91 Å². The van der Waals surface area contributed by atoms with E-state index >= 15 is 0 Å². The molecule has 106 valence electrons. The lowest BCUT2D eigenvalue weighted by Crippen LogP contribution is -2.26. The Labute approximate surface area is 118 Å². The molecule has 0 bridgehead atoms. The van der Waals surface area contributed by atoms with Crippen molar-refractivity contribution in [1.82, 2.24) is 9.88 Å². The van der Waals surface area contributed by atoms with Gasteiger partial charge in [0.1, 0.15) is 5.75 Å². The molecule has 3 rings (SSSR count). The van der Waals surface area contributed by atoms with E-state index in [4.69, 9.17) is 4.74 Å². The Morgan fingerprint density at radius 1 is 1.40 bits per heavy atom. The van der Waals surface area contributed by atoms with Gasteiger partial charge in [0.25, 0.3) is 0 Å². The van der Waals surface area contributed by atoms with E-state index in [1.165, 1.54) is 0 Å². The number of hydrogen-bond donors (Lipinski definition) is 1. The van der Waals surface area contributed by atoms with Crippen LogP contribution in [0, 0.1) is 0 Å². The molecule has 1 N–H and O–H groups in total. The van der Waals surface area contributed by atoms with Crippen molar-refractivity contribution in [2.75, 3.05) is 6.61 Å². The molecule has 0 saturated heterocycles. The van der Waals surface area contributed by atoms with Crippen molar-refractivity contribution >= 4 is 16.8 Å². The molecule has 2 aromatic rings. The normalized spacial score (nSPS) is 14.4. The number of nitrogens with zero attached hydrogens (tertiary/aromatic N) is 1.